The van der Waals surface area contributed by atoms with Crippen LogP contribution in [0.3, 0.4) is 0 Å². The van der Waals surface area contributed by atoms with Crippen molar-refractivity contribution in [3.05, 3.63) is 59.7 Å². The van der Waals surface area contributed by atoms with E-state index in [0.717, 1.165) is 24.1 Å². The Bertz CT molecular complexity index is 1480. The maximum Gasteiger partial charge on any atom is 0.264 e. The number of amides is 3. The molecule has 2 fully saturated rings. The van der Waals surface area contributed by atoms with Gasteiger partial charge in [0.25, 0.3) is 5.91 Å². The minimum atomic E-state index is -2.95. The number of fused-ring (bicyclic) bond motifs is 2. The molecule has 10 nitrogen and oxygen atoms in total. The summed E-state index contributed by atoms with van der Waals surface area (Å²) in [6, 6.07) is 15.0. The second kappa shape index (κ2) is 11.0. The first-order valence-electron chi connectivity index (χ1n) is 15.2. The number of nitrogens with zero attached hydrogens (tertiary/aromatic N) is 4. The van der Waals surface area contributed by atoms with Crippen molar-refractivity contribution >= 4 is 43.1 Å². The molecule has 4 aliphatic rings. The van der Waals surface area contributed by atoms with Gasteiger partial charge in [-0.1, -0.05) is 37.3 Å². The fourth-order valence-corrected chi connectivity index (χ4v) is 10.3. The third-order valence-electron chi connectivity index (χ3n) is 9.77. The molecule has 0 saturated carbocycles. The predicted molar refractivity (Wildman–Crippen MR) is 165 cm³/mol. The molecule has 5 atom stereocenters. The van der Waals surface area contributed by atoms with Crippen LogP contribution in [0.1, 0.15) is 50.2 Å². The molecule has 2 aromatic carbocycles. The molecule has 228 valence electrons. The molecule has 4 heterocycles. The van der Waals surface area contributed by atoms with Crippen molar-refractivity contribution in [2.75, 3.05) is 30.1 Å². The highest BCUT2D eigenvalue weighted by Gasteiger charge is 2.66. The van der Waals surface area contributed by atoms with E-state index in [1.54, 1.807) is 22.9 Å². The highest BCUT2D eigenvalue weighted by molar-refractivity contribution is 6.71. The smallest absolute Gasteiger partial charge is 0.264 e. The number of benzene rings is 2. The molecule has 3 amide bonds. The fraction of sp³-hybridized carbons (Fsp3) is 0.500. The van der Waals surface area contributed by atoms with Crippen LogP contribution in [0.5, 0.6) is 0 Å². The van der Waals surface area contributed by atoms with Gasteiger partial charge in [0, 0.05) is 43.5 Å². The topological polar surface area (TPSA) is 123 Å². The lowest BCUT2D eigenvalue weighted by Crippen LogP contribution is -2.45. The Hall–Kier alpha value is -3.38. The van der Waals surface area contributed by atoms with E-state index in [1.165, 1.54) is 5.01 Å². The Labute approximate surface area is 253 Å². The summed E-state index contributed by atoms with van der Waals surface area (Å²) >= 11 is 0. The Morgan fingerprint density at radius 1 is 1.14 bits per heavy atom. The first-order chi connectivity index (χ1) is 20.5. The summed E-state index contributed by atoms with van der Waals surface area (Å²) in [5, 5.41) is 15.9. The molecule has 6 rings (SSSR count). The molecule has 43 heavy (non-hydrogen) atoms. The number of rotatable bonds is 6. The molecule has 0 bridgehead atoms. The summed E-state index contributed by atoms with van der Waals surface area (Å²) in [7, 11) is -1.25. The number of hydrogen-bond donors (Lipinski definition) is 2. The average Bonchev–Trinajstić information content (AvgIpc) is 3.64. The van der Waals surface area contributed by atoms with Gasteiger partial charge < -0.3 is 24.4 Å². The van der Waals surface area contributed by atoms with E-state index in [9.17, 15) is 24.3 Å². The zero-order chi connectivity index (χ0) is 30.7. The van der Waals surface area contributed by atoms with E-state index in [0.29, 0.717) is 36.3 Å². The van der Waals surface area contributed by atoms with Crippen LogP contribution in [0, 0.1) is 5.92 Å². The lowest BCUT2D eigenvalue weighted by atomic mass is 9.82. The van der Waals surface area contributed by atoms with Crippen LogP contribution in [0.4, 0.5) is 11.4 Å². The summed E-state index contributed by atoms with van der Waals surface area (Å²) in [5.41, 5.74) is 1.76. The molecule has 2 saturated heterocycles. The number of likely N-dealkylation sites (tertiary alicyclic amines) is 1. The summed E-state index contributed by atoms with van der Waals surface area (Å²) in [6.45, 7) is 6.06. The van der Waals surface area contributed by atoms with Crippen molar-refractivity contribution in [2.24, 2.45) is 11.0 Å². The van der Waals surface area contributed by atoms with Crippen LogP contribution < -0.4 is 9.91 Å². The fourth-order valence-electron chi connectivity index (χ4n) is 7.74. The molecular formula is C32H40N4O6Si. The SMILES string of the molecule is C[C@H]1[C@H]([Si](C)(C)O)[C@@H](CC(=O)N2CCC[C@H]2CO)O[C@]12C(=O)N(C)c1ccc(N3N=C(c4ccccc4)CCC3=O)cc12. The molecule has 4 aliphatic heterocycles. The second-order valence-electron chi connectivity index (χ2n) is 12.8. The number of aliphatic hydroxyl groups excluding tert-OH is 1. The van der Waals surface area contributed by atoms with Gasteiger partial charge in [0.1, 0.15) is 0 Å². The van der Waals surface area contributed by atoms with Crippen molar-refractivity contribution in [1.82, 2.24) is 4.90 Å². The Morgan fingerprint density at radius 2 is 1.88 bits per heavy atom. The van der Waals surface area contributed by atoms with E-state index < -0.39 is 31.5 Å². The highest BCUT2D eigenvalue weighted by atomic mass is 28.4. The predicted octanol–water partition coefficient (Wildman–Crippen LogP) is 3.37. The maximum absolute atomic E-state index is 14.1. The van der Waals surface area contributed by atoms with Crippen molar-refractivity contribution in [3.8, 4) is 0 Å². The van der Waals surface area contributed by atoms with Gasteiger partial charge in [-0.2, -0.15) is 5.10 Å². The number of carbonyl (C=O) groups excluding carboxylic acids is 3. The van der Waals surface area contributed by atoms with E-state index in [1.807, 2.05) is 62.5 Å². The quantitative estimate of drug-likeness (QED) is 0.488. The molecule has 2 N–H and O–H groups in total. The van der Waals surface area contributed by atoms with E-state index in [-0.39, 0.29) is 36.8 Å². The normalized spacial score (nSPS) is 29.1. The number of aliphatic hydroxyl groups is 1. The van der Waals surface area contributed by atoms with Gasteiger partial charge in [-0.25, -0.2) is 5.01 Å². The lowest BCUT2D eigenvalue weighted by molar-refractivity contribution is -0.149. The summed E-state index contributed by atoms with van der Waals surface area (Å²) < 4.78 is 6.76. The van der Waals surface area contributed by atoms with Crippen LogP contribution in [0.15, 0.2) is 53.6 Å². The van der Waals surface area contributed by atoms with Gasteiger partial charge in [0.15, 0.2) is 13.9 Å². The molecule has 2 aromatic rings. The highest BCUT2D eigenvalue weighted by Crippen LogP contribution is 2.60. The Kier molecular flexibility index (Phi) is 7.56. The van der Waals surface area contributed by atoms with Gasteiger partial charge in [0.05, 0.1) is 42.3 Å². The van der Waals surface area contributed by atoms with Gasteiger partial charge in [-0.15, -0.1) is 0 Å². The average molecular weight is 605 g/mol. The second-order valence-corrected chi connectivity index (χ2v) is 16.8. The number of likely N-dealkylation sites (N-methyl/N-ethyl adjacent to an activating group) is 1. The summed E-state index contributed by atoms with van der Waals surface area (Å²) in [4.78, 5) is 55.6. The summed E-state index contributed by atoms with van der Waals surface area (Å²) in [5.74, 6) is -0.959. The molecule has 11 heteroatoms. The Balaban J connectivity index is 1.39. The van der Waals surface area contributed by atoms with E-state index in [2.05, 4.69) is 0 Å². The Morgan fingerprint density at radius 3 is 2.58 bits per heavy atom. The van der Waals surface area contributed by atoms with Gasteiger partial charge in [0.2, 0.25) is 11.8 Å². The van der Waals surface area contributed by atoms with Gasteiger partial charge in [-0.05, 0) is 49.7 Å². The van der Waals surface area contributed by atoms with Crippen molar-refractivity contribution < 1.29 is 29.0 Å². The molecule has 1 spiro atoms. The van der Waals surface area contributed by atoms with Crippen molar-refractivity contribution in [2.45, 2.75) is 75.4 Å². The first-order valence-corrected chi connectivity index (χ1v) is 18.2. The van der Waals surface area contributed by atoms with E-state index in [4.69, 9.17) is 9.84 Å². The monoisotopic (exact) mass is 604 g/mol. The van der Waals surface area contributed by atoms with Gasteiger partial charge >= 0.3 is 0 Å². The van der Waals surface area contributed by atoms with Crippen LogP contribution >= 0.6 is 0 Å². The van der Waals surface area contributed by atoms with Crippen molar-refractivity contribution in [1.29, 1.82) is 0 Å². The number of hydrogen-bond acceptors (Lipinski definition) is 7. The van der Waals surface area contributed by atoms with Crippen LogP contribution in [0.2, 0.25) is 18.6 Å². The van der Waals surface area contributed by atoms with Crippen molar-refractivity contribution in [3.63, 3.8) is 0 Å². The third-order valence-corrected chi connectivity index (χ3v) is 12.3. The molecular weight excluding hydrogens is 564 g/mol. The van der Waals surface area contributed by atoms with E-state index >= 15 is 0 Å². The standard InChI is InChI=1S/C32H40N4O6Si/c1-20-30(43(3,4)41)27(18-29(39)35-16-8-11-23(35)19-37)42-32(20)24-17-22(12-14-26(24)34(2)31(32)40)36-28(38)15-13-25(33-36)21-9-6-5-7-10-21/h5-7,9-10,12,14,17,20,23,27,30,37,41H,8,11,13,15-16,18-19H2,1-4H3/t20-,23-,27+,30-,32+/m0/s1. The number of anilines is 2. The minimum Gasteiger partial charge on any atom is -0.432 e. The zero-order valence-electron chi connectivity index (χ0n) is 25.2. The lowest BCUT2D eigenvalue weighted by Gasteiger charge is -2.33. The van der Waals surface area contributed by atoms with Crippen LogP contribution in [-0.4, -0.2) is 78.9 Å². The molecule has 0 radical (unpaired) electrons. The number of hydrazone groups is 1. The largest absolute Gasteiger partial charge is 0.432 e. The van der Waals surface area contributed by atoms with Crippen LogP contribution in [0.25, 0.3) is 0 Å². The molecule has 0 unspecified atom stereocenters. The van der Waals surface area contributed by atoms with Crippen LogP contribution in [-0.2, 0) is 24.7 Å². The molecule has 0 aromatic heterocycles. The number of ether oxygens (including phenoxy) is 1. The third kappa shape index (κ3) is 4.82. The number of carbonyl (C=O) groups is 3. The summed E-state index contributed by atoms with van der Waals surface area (Å²) in [6.07, 6.45) is 1.77. The molecule has 0 aliphatic carbocycles. The minimum absolute atomic E-state index is 0.0194. The first kappa shape index (κ1) is 29.7. The maximum atomic E-state index is 14.1. The van der Waals surface area contributed by atoms with Gasteiger partial charge in [-0.3, -0.25) is 14.4 Å². The zero-order valence-corrected chi connectivity index (χ0v) is 26.2.